The Hall–Kier alpha value is -2.70. The Morgan fingerprint density at radius 1 is 1.30 bits per heavy atom. The fraction of sp³-hybridized carbons (Fsp3) is 0.375. The molecule has 0 fully saturated rings. The molecule has 3 rings (SSSR count). The first-order valence-corrected chi connectivity index (χ1v) is 7.53. The van der Waals surface area contributed by atoms with Crippen LogP contribution in [-0.2, 0) is 7.05 Å². The summed E-state index contributed by atoms with van der Waals surface area (Å²) in [5.74, 6) is 2.26. The lowest BCUT2D eigenvalue weighted by Crippen LogP contribution is -2.23. The van der Waals surface area contributed by atoms with Crippen molar-refractivity contribution in [3.8, 4) is 5.75 Å². The Morgan fingerprint density at radius 2 is 2.13 bits per heavy atom. The zero-order chi connectivity index (χ0) is 16.4. The molecule has 3 heterocycles. The SMILES string of the molecule is Cc1nc(NC[C@@H](C)Oc2cccnc2)c2c(C)nn(C)c2n1. The molecule has 0 bridgehead atoms. The quantitative estimate of drug-likeness (QED) is 0.778. The smallest absolute Gasteiger partial charge is 0.163 e. The lowest BCUT2D eigenvalue weighted by molar-refractivity contribution is 0.234. The molecular weight excluding hydrogens is 292 g/mol. The highest BCUT2D eigenvalue weighted by atomic mass is 16.5. The van der Waals surface area contributed by atoms with E-state index in [-0.39, 0.29) is 6.10 Å². The first-order valence-electron chi connectivity index (χ1n) is 7.53. The average Bonchev–Trinajstić information content (AvgIpc) is 2.80. The molecule has 0 spiro atoms. The number of hydrogen-bond acceptors (Lipinski definition) is 6. The number of aryl methyl sites for hydroxylation is 3. The van der Waals surface area contributed by atoms with Crippen LogP contribution in [0, 0.1) is 13.8 Å². The van der Waals surface area contributed by atoms with Crippen LogP contribution in [0.2, 0.25) is 0 Å². The molecule has 0 aliphatic heterocycles. The van der Waals surface area contributed by atoms with E-state index in [4.69, 9.17) is 4.74 Å². The molecule has 0 saturated carbocycles. The lowest BCUT2D eigenvalue weighted by atomic mass is 10.3. The molecule has 7 heteroatoms. The fourth-order valence-electron chi connectivity index (χ4n) is 2.51. The molecule has 23 heavy (non-hydrogen) atoms. The number of nitrogens with one attached hydrogen (secondary N) is 1. The van der Waals surface area contributed by atoms with E-state index in [1.165, 1.54) is 0 Å². The summed E-state index contributed by atoms with van der Waals surface area (Å²) in [6.45, 7) is 6.46. The van der Waals surface area contributed by atoms with Gasteiger partial charge < -0.3 is 10.1 Å². The van der Waals surface area contributed by atoms with Gasteiger partial charge in [0.2, 0.25) is 0 Å². The van der Waals surface area contributed by atoms with Crippen LogP contribution < -0.4 is 10.1 Å². The van der Waals surface area contributed by atoms with Crippen molar-refractivity contribution in [1.29, 1.82) is 0 Å². The van der Waals surface area contributed by atoms with Crippen LogP contribution in [0.4, 0.5) is 5.82 Å². The molecule has 1 N–H and O–H groups in total. The first-order chi connectivity index (χ1) is 11.0. The van der Waals surface area contributed by atoms with E-state index < -0.39 is 0 Å². The lowest BCUT2D eigenvalue weighted by Gasteiger charge is -2.16. The van der Waals surface area contributed by atoms with Gasteiger partial charge in [-0.1, -0.05) is 0 Å². The van der Waals surface area contributed by atoms with Gasteiger partial charge in [0.05, 0.1) is 23.8 Å². The largest absolute Gasteiger partial charge is 0.487 e. The van der Waals surface area contributed by atoms with E-state index in [0.717, 1.165) is 28.3 Å². The number of aromatic nitrogens is 5. The second kappa shape index (κ2) is 6.20. The number of rotatable bonds is 5. The summed E-state index contributed by atoms with van der Waals surface area (Å²) in [6, 6.07) is 3.74. The minimum absolute atomic E-state index is 0.0264. The molecular formula is C16H20N6O. The predicted molar refractivity (Wildman–Crippen MR) is 88.6 cm³/mol. The van der Waals surface area contributed by atoms with Crippen LogP contribution in [-0.4, -0.2) is 37.4 Å². The molecule has 0 aromatic carbocycles. The van der Waals surface area contributed by atoms with Crippen LogP contribution in [0.15, 0.2) is 24.5 Å². The zero-order valence-corrected chi connectivity index (χ0v) is 13.7. The van der Waals surface area contributed by atoms with Crippen molar-refractivity contribution in [3.05, 3.63) is 36.0 Å². The molecule has 120 valence electrons. The summed E-state index contributed by atoms with van der Waals surface area (Å²) in [7, 11) is 1.89. The van der Waals surface area contributed by atoms with Crippen molar-refractivity contribution in [2.45, 2.75) is 26.9 Å². The van der Waals surface area contributed by atoms with Crippen LogP contribution in [0.5, 0.6) is 5.75 Å². The van der Waals surface area contributed by atoms with Gasteiger partial charge in [0.15, 0.2) is 5.65 Å². The van der Waals surface area contributed by atoms with Crippen molar-refractivity contribution in [2.24, 2.45) is 7.05 Å². The number of pyridine rings is 1. The number of hydrogen-bond donors (Lipinski definition) is 1. The average molecular weight is 312 g/mol. The van der Waals surface area contributed by atoms with Crippen LogP contribution in [0.3, 0.4) is 0 Å². The Kier molecular flexibility index (Phi) is 4.10. The maximum Gasteiger partial charge on any atom is 0.163 e. The standard InChI is InChI=1S/C16H20N6O/c1-10(23-13-6-5-7-17-9-13)8-18-15-14-11(2)21-22(4)16(14)20-12(3)19-15/h5-7,9-10H,8H2,1-4H3,(H,18,19,20)/t10-/m1/s1. The molecule has 0 radical (unpaired) electrons. The molecule has 0 unspecified atom stereocenters. The number of ether oxygens (including phenoxy) is 1. The second-order valence-corrected chi connectivity index (χ2v) is 5.53. The van der Waals surface area contributed by atoms with Gasteiger partial charge in [0, 0.05) is 13.2 Å². The van der Waals surface area contributed by atoms with Gasteiger partial charge in [0.1, 0.15) is 23.5 Å². The van der Waals surface area contributed by atoms with Gasteiger partial charge >= 0.3 is 0 Å². The normalized spacial score (nSPS) is 12.3. The van der Waals surface area contributed by atoms with Crippen LogP contribution >= 0.6 is 0 Å². The minimum atomic E-state index is -0.0264. The highest BCUT2D eigenvalue weighted by Gasteiger charge is 2.14. The molecule has 7 nitrogen and oxygen atoms in total. The van der Waals surface area contributed by atoms with E-state index in [0.29, 0.717) is 12.4 Å². The van der Waals surface area contributed by atoms with Crippen molar-refractivity contribution in [1.82, 2.24) is 24.7 Å². The predicted octanol–water partition coefficient (Wildman–Crippen LogP) is 2.25. The highest BCUT2D eigenvalue weighted by molar-refractivity contribution is 5.89. The van der Waals surface area contributed by atoms with E-state index in [1.54, 1.807) is 17.1 Å². The summed E-state index contributed by atoms with van der Waals surface area (Å²) in [6.07, 6.45) is 3.40. The zero-order valence-electron chi connectivity index (χ0n) is 13.7. The fourth-order valence-corrected chi connectivity index (χ4v) is 2.51. The summed E-state index contributed by atoms with van der Waals surface area (Å²) >= 11 is 0. The Bertz CT molecular complexity index is 814. The van der Waals surface area contributed by atoms with Gasteiger partial charge in [-0.05, 0) is 32.9 Å². The van der Waals surface area contributed by atoms with Crippen molar-refractivity contribution in [2.75, 3.05) is 11.9 Å². The van der Waals surface area contributed by atoms with Crippen molar-refractivity contribution >= 4 is 16.9 Å². The Morgan fingerprint density at radius 3 is 2.87 bits per heavy atom. The van der Waals surface area contributed by atoms with E-state index >= 15 is 0 Å². The topological polar surface area (TPSA) is 77.8 Å². The first kappa shape index (κ1) is 15.2. The van der Waals surface area contributed by atoms with Gasteiger partial charge in [0.25, 0.3) is 0 Å². The number of anilines is 1. The Labute approximate surface area is 134 Å². The highest BCUT2D eigenvalue weighted by Crippen LogP contribution is 2.23. The molecule has 0 saturated heterocycles. The molecule has 0 aliphatic carbocycles. The number of nitrogens with zero attached hydrogens (tertiary/aromatic N) is 5. The van der Waals surface area contributed by atoms with Crippen LogP contribution in [0.1, 0.15) is 18.4 Å². The van der Waals surface area contributed by atoms with E-state index in [9.17, 15) is 0 Å². The van der Waals surface area contributed by atoms with E-state index in [2.05, 4.69) is 25.4 Å². The van der Waals surface area contributed by atoms with Crippen LogP contribution in [0.25, 0.3) is 11.0 Å². The minimum Gasteiger partial charge on any atom is -0.487 e. The number of fused-ring (bicyclic) bond motifs is 1. The van der Waals surface area contributed by atoms with Gasteiger partial charge in [-0.3, -0.25) is 9.67 Å². The van der Waals surface area contributed by atoms with Gasteiger partial charge in [-0.2, -0.15) is 5.10 Å². The maximum absolute atomic E-state index is 5.82. The molecule has 0 amide bonds. The summed E-state index contributed by atoms with van der Waals surface area (Å²) in [5, 5.41) is 8.72. The molecule has 3 aromatic heterocycles. The van der Waals surface area contributed by atoms with Gasteiger partial charge in [-0.25, -0.2) is 9.97 Å². The third kappa shape index (κ3) is 3.23. The summed E-state index contributed by atoms with van der Waals surface area (Å²) < 4.78 is 7.60. The second-order valence-electron chi connectivity index (χ2n) is 5.53. The van der Waals surface area contributed by atoms with Crippen molar-refractivity contribution in [3.63, 3.8) is 0 Å². The molecule has 3 aromatic rings. The third-order valence-corrected chi connectivity index (χ3v) is 3.50. The molecule has 1 atom stereocenters. The third-order valence-electron chi connectivity index (χ3n) is 3.50. The monoisotopic (exact) mass is 312 g/mol. The maximum atomic E-state index is 5.82. The Balaban J connectivity index is 1.76. The molecule has 0 aliphatic rings. The summed E-state index contributed by atoms with van der Waals surface area (Å²) in [5.41, 5.74) is 1.74. The van der Waals surface area contributed by atoms with E-state index in [1.807, 2.05) is 40.0 Å². The van der Waals surface area contributed by atoms with Gasteiger partial charge in [-0.15, -0.1) is 0 Å². The van der Waals surface area contributed by atoms with Crippen molar-refractivity contribution < 1.29 is 4.74 Å². The summed E-state index contributed by atoms with van der Waals surface area (Å²) in [4.78, 5) is 13.0.